The summed E-state index contributed by atoms with van der Waals surface area (Å²) in [6.45, 7) is 3.56. The van der Waals surface area contributed by atoms with E-state index in [-0.39, 0.29) is 11.7 Å². The Balaban J connectivity index is 2.38. The lowest BCUT2D eigenvalue weighted by molar-refractivity contribution is -0.139. The average Bonchev–Trinajstić information content (AvgIpc) is 2.83. The molecular weight excluding hydrogens is 351 g/mol. The lowest BCUT2D eigenvalue weighted by Crippen LogP contribution is -2.19. The highest BCUT2D eigenvalue weighted by Crippen LogP contribution is 2.36. The molecule has 1 atom stereocenters. The first-order valence-corrected chi connectivity index (χ1v) is 8.83. The maximum absolute atomic E-state index is 13.1. The van der Waals surface area contributed by atoms with Crippen molar-refractivity contribution in [1.82, 2.24) is 4.98 Å². The molecule has 2 rings (SSSR count). The van der Waals surface area contributed by atoms with Crippen LogP contribution in [-0.4, -0.2) is 13.4 Å². The number of alkyl halides is 3. The molecule has 10 heteroatoms. The molecule has 0 saturated heterocycles. The minimum absolute atomic E-state index is 0.130. The molecule has 0 aliphatic carbocycles. The number of sulfonamides is 1. The highest BCUT2D eigenvalue weighted by molar-refractivity contribution is 7.89. The number of aromatic nitrogens is 1. The second-order valence-corrected chi connectivity index (χ2v) is 7.37. The number of rotatable bonds is 4. The van der Waals surface area contributed by atoms with E-state index in [2.05, 4.69) is 10.3 Å². The maximum atomic E-state index is 13.1. The molecule has 5 nitrogen and oxygen atoms in total. The number of aryl methyl sites for hydroxylation is 1. The van der Waals surface area contributed by atoms with Crippen molar-refractivity contribution >= 4 is 27.0 Å². The molecule has 1 heterocycles. The monoisotopic (exact) mass is 365 g/mol. The number of nitrogens with two attached hydrogens (primary N) is 1. The van der Waals surface area contributed by atoms with E-state index >= 15 is 0 Å². The van der Waals surface area contributed by atoms with Gasteiger partial charge in [0.05, 0.1) is 16.5 Å². The summed E-state index contributed by atoms with van der Waals surface area (Å²) in [5.74, 6) is 0. The van der Waals surface area contributed by atoms with Gasteiger partial charge in [0.25, 0.3) is 0 Å². The van der Waals surface area contributed by atoms with Gasteiger partial charge in [-0.1, -0.05) is 0 Å². The summed E-state index contributed by atoms with van der Waals surface area (Å²) in [5, 5.41) is 10.3. The van der Waals surface area contributed by atoms with Crippen molar-refractivity contribution in [2.24, 2.45) is 5.14 Å². The lowest BCUT2D eigenvalue weighted by atomic mass is 10.2. The van der Waals surface area contributed by atoms with Crippen LogP contribution in [0.4, 0.5) is 18.9 Å². The first-order chi connectivity index (χ1) is 10.5. The molecule has 0 aliphatic rings. The fourth-order valence-electron chi connectivity index (χ4n) is 1.97. The predicted molar refractivity (Wildman–Crippen MR) is 81.7 cm³/mol. The molecule has 0 fully saturated rings. The molecule has 1 aromatic heterocycles. The first-order valence-electron chi connectivity index (χ1n) is 6.41. The average molecular weight is 365 g/mol. The highest BCUT2D eigenvalue weighted by atomic mass is 32.2. The number of anilines is 1. The molecule has 0 bridgehead atoms. The van der Waals surface area contributed by atoms with Gasteiger partial charge in [-0.05, 0) is 32.0 Å². The Bertz CT molecular complexity index is 816. The Labute approximate surface area is 135 Å². The van der Waals surface area contributed by atoms with Crippen LogP contribution in [0.3, 0.4) is 0 Å². The van der Waals surface area contributed by atoms with E-state index in [1.165, 1.54) is 17.4 Å². The van der Waals surface area contributed by atoms with Crippen molar-refractivity contribution in [3.8, 4) is 0 Å². The van der Waals surface area contributed by atoms with Crippen molar-refractivity contribution in [3.63, 3.8) is 0 Å². The van der Waals surface area contributed by atoms with Crippen LogP contribution < -0.4 is 10.5 Å². The molecule has 0 radical (unpaired) electrons. The summed E-state index contributed by atoms with van der Waals surface area (Å²) >= 11 is 1.38. The summed E-state index contributed by atoms with van der Waals surface area (Å²) in [6.07, 6.45) is -4.83. The van der Waals surface area contributed by atoms with E-state index in [1.807, 2.05) is 12.3 Å². The highest BCUT2D eigenvalue weighted by Gasteiger charge is 2.36. The molecule has 2 aromatic rings. The summed E-state index contributed by atoms with van der Waals surface area (Å²) in [7, 11) is -4.47. The van der Waals surface area contributed by atoms with Gasteiger partial charge in [-0.2, -0.15) is 13.2 Å². The van der Waals surface area contributed by atoms with Crippen LogP contribution in [0.15, 0.2) is 28.5 Å². The van der Waals surface area contributed by atoms with Crippen molar-refractivity contribution in [3.05, 3.63) is 39.8 Å². The Morgan fingerprint density at radius 3 is 2.48 bits per heavy atom. The fraction of sp³-hybridized carbons (Fsp3) is 0.308. The summed E-state index contributed by atoms with van der Waals surface area (Å²) < 4.78 is 61.8. The standard InChI is InChI=1S/C13H14F3N3O2S2/c1-7-6-22-12(18-7)8(2)19-9-3-4-11(23(17,20)21)10(5-9)13(14,15)16/h3-6,8,19H,1-2H3,(H2,17,20,21). The van der Waals surface area contributed by atoms with Crippen LogP contribution in [0.5, 0.6) is 0 Å². The van der Waals surface area contributed by atoms with Gasteiger partial charge in [-0.15, -0.1) is 11.3 Å². The van der Waals surface area contributed by atoms with Gasteiger partial charge in [-0.3, -0.25) is 0 Å². The summed E-state index contributed by atoms with van der Waals surface area (Å²) in [6, 6.07) is 2.50. The largest absolute Gasteiger partial charge is 0.417 e. The van der Waals surface area contributed by atoms with Crippen molar-refractivity contribution in [2.45, 2.75) is 31.0 Å². The van der Waals surface area contributed by atoms with Crippen LogP contribution in [-0.2, 0) is 16.2 Å². The quantitative estimate of drug-likeness (QED) is 0.871. The topological polar surface area (TPSA) is 85.1 Å². The number of hydrogen-bond donors (Lipinski definition) is 2. The number of benzene rings is 1. The van der Waals surface area contributed by atoms with Crippen LogP contribution >= 0.6 is 11.3 Å². The van der Waals surface area contributed by atoms with Crippen LogP contribution in [0.25, 0.3) is 0 Å². The van der Waals surface area contributed by atoms with E-state index in [0.717, 1.165) is 17.8 Å². The van der Waals surface area contributed by atoms with E-state index in [9.17, 15) is 21.6 Å². The van der Waals surface area contributed by atoms with E-state index in [1.54, 1.807) is 6.92 Å². The maximum Gasteiger partial charge on any atom is 0.417 e. The van der Waals surface area contributed by atoms with Gasteiger partial charge in [-0.25, -0.2) is 18.5 Å². The Hall–Kier alpha value is -1.65. The third kappa shape index (κ3) is 4.21. The molecule has 23 heavy (non-hydrogen) atoms. The first kappa shape index (κ1) is 17.7. The van der Waals surface area contributed by atoms with Gasteiger partial charge < -0.3 is 5.32 Å². The molecule has 126 valence electrons. The smallest absolute Gasteiger partial charge is 0.376 e. The van der Waals surface area contributed by atoms with Crippen LogP contribution in [0.1, 0.15) is 29.2 Å². The summed E-state index contributed by atoms with van der Waals surface area (Å²) in [5.41, 5.74) is -0.350. The van der Waals surface area contributed by atoms with E-state index in [4.69, 9.17) is 5.14 Å². The number of hydrogen-bond acceptors (Lipinski definition) is 5. The van der Waals surface area contributed by atoms with E-state index < -0.39 is 26.7 Å². The zero-order valence-electron chi connectivity index (χ0n) is 12.2. The second kappa shape index (κ2) is 6.10. The number of primary sulfonamides is 1. The van der Waals surface area contributed by atoms with Gasteiger partial charge in [0.2, 0.25) is 10.0 Å². The van der Waals surface area contributed by atoms with Crippen molar-refractivity contribution < 1.29 is 21.6 Å². The van der Waals surface area contributed by atoms with Crippen LogP contribution in [0.2, 0.25) is 0 Å². The van der Waals surface area contributed by atoms with Gasteiger partial charge >= 0.3 is 6.18 Å². The molecular formula is C13H14F3N3O2S2. The zero-order chi connectivity index (χ0) is 17.4. The lowest BCUT2D eigenvalue weighted by Gasteiger charge is -2.17. The molecule has 1 unspecified atom stereocenters. The molecule has 0 spiro atoms. The predicted octanol–water partition coefficient (Wildman–Crippen LogP) is 3.29. The van der Waals surface area contributed by atoms with E-state index in [0.29, 0.717) is 5.01 Å². The summed E-state index contributed by atoms with van der Waals surface area (Å²) in [4.78, 5) is 3.30. The molecule has 3 N–H and O–H groups in total. The minimum Gasteiger partial charge on any atom is -0.376 e. The number of halogens is 3. The zero-order valence-corrected chi connectivity index (χ0v) is 13.8. The SMILES string of the molecule is Cc1csc(C(C)Nc2ccc(S(N)(=O)=O)c(C(F)(F)F)c2)n1. The molecule has 0 amide bonds. The molecule has 0 saturated carbocycles. The Kier molecular flexibility index (Phi) is 4.69. The van der Waals surface area contributed by atoms with Crippen molar-refractivity contribution in [2.75, 3.05) is 5.32 Å². The third-order valence-electron chi connectivity index (χ3n) is 2.98. The van der Waals surface area contributed by atoms with Gasteiger partial charge in [0.15, 0.2) is 0 Å². The second-order valence-electron chi connectivity index (χ2n) is 4.95. The number of nitrogens with one attached hydrogen (secondary N) is 1. The Morgan fingerprint density at radius 1 is 1.35 bits per heavy atom. The third-order valence-corrected chi connectivity index (χ3v) is 5.10. The Morgan fingerprint density at radius 2 is 2.00 bits per heavy atom. The van der Waals surface area contributed by atoms with Crippen LogP contribution in [0, 0.1) is 6.92 Å². The molecule has 0 aliphatic heterocycles. The van der Waals surface area contributed by atoms with Crippen molar-refractivity contribution in [1.29, 1.82) is 0 Å². The van der Waals surface area contributed by atoms with Gasteiger partial charge in [0.1, 0.15) is 5.01 Å². The van der Waals surface area contributed by atoms with Gasteiger partial charge in [0, 0.05) is 16.8 Å². The normalized spacial score (nSPS) is 13.8. The minimum atomic E-state index is -4.83. The number of nitrogens with zero attached hydrogens (tertiary/aromatic N) is 1. The number of thiazole rings is 1. The fourth-order valence-corrected chi connectivity index (χ4v) is 3.51. The molecule has 1 aromatic carbocycles.